The van der Waals surface area contributed by atoms with E-state index in [0.29, 0.717) is 5.82 Å². The van der Waals surface area contributed by atoms with Crippen LogP contribution in [0.5, 0.6) is 0 Å². The molecule has 2 rings (SSSR count). The molecule has 0 bridgehead atoms. The van der Waals surface area contributed by atoms with Crippen LogP contribution < -0.4 is 5.32 Å². The van der Waals surface area contributed by atoms with E-state index < -0.39 is 16.5 Å². The molecule has 0 unspecified atom stereocenters. The summed E-state index contributed by atoms with van der Waals surface area (Å²) in [5.41, 5.74) is -0.350. The molecule has 0 saturated heterocycles. The first-order valence-electron chi connectivity index (χ1n) is 5.78. The summed E-state index contributed by atoms with van der Waals surface area (Å²) in [6, 6.07) is 2.37. The highest BCUT2D eigenvalue weighted by atomic mass is 35.5. The van der Waals surface area contributed by atoms with Crippen LogP contribution in [-0.2, 0) is 13.6 Å². The van der Waals surface area contributed by atoms with Crippen LogP contribution in [0.15, 0.2) is 24.5 Å². The second-order valence-corrected chi connectivity index (χ2v) is 4.97. The molecule has 0 spiro atoms. The fourth-order valence-electron chi connectivity index (χ4n) is 1.67. The number of imidazole rings is 1. The van der Waals surface area contributed by atoms with Crippen molar-refractivity contribution in [2.24, 2.45) is 7.05 Å². The minimum Gasteiger partial charge on any atom is -0.345 e. The topological polar surface area (TPSA) is 90.1 Å². The molecule has 0 aliphatic rings. The maximum Gasteiger partial charge on any atom is 0.290 e. The molecular formula is C12H10Cl2N4O3. The van der Waals surface area contributed by atoms with E-state index in [-0.39, 0.29) is 22.2 Å². The third-order valence-electron chi connectivity index (χ3n) is 2.80. The van der Waals surface area contributed by atoms with E-state index in [4.69, 9.17) is 23.2 Å². The monoisotopic (exact) mass is 328 g/mol. The van der Waals surface area contributed by atoms with Crippen molar-refractivity contribution in [3.8, 4) is 0 Å². The predicted molar refractivity (Wildman–Crippen MR) is 77.5 cm³/mol. The maximum absolute atomic E-state index is 12.0. The highest BCUT2D eigenvalue weighted by Gasteiger charge is 2.20. The number of carbonyl (C=O) groups is 1. The van der Waals surface area contributed by atoms with Crippen molar-refractivity contribution in [1.29, 1.82) is 0 Å². The molecule has 0 radical (unpaired) electrons. The van der Waals surface area contributed by atoms with Gasteiger partial charge in [-0.25, -0.2) is 4.98 Å². The van der Waals surface area contributed by atoms with Crippen molar-refractivity contribution in [3.63, 3.8) is 0 Å². The van der Waals surface area contributed by atoms with Crippen LogP contribution in [0.25, 0.3) is 0 Å². The highest BCUT2D eigenvalue weighted by molar-refractivity contribution is 6.43. The Labute approximate surface area is 129 Å². The van der Waals surface area contributed by atoms with Crippen molar-refractivity contribution in [1.82, 2.24) is 14.9 Å². The van der Waals surface area contributed by atoms with Gasteiger partial charge in [-0.1, -0.05) is 23.2 Å². The molecule has 1 aromatic carbocycles. The minimum atomic E-state index is -0.691. The summed E-state index contributed by atoms with van der Waals surface area (Å²) in [4.78, 5) is 26.2. The first kappa shape index (κ1) is 15.3. The summed E-state index contributed by atoms with van der Waals surface area (Å²) in [6.45, 7) is 0.191. The molecular weight excluding hydrogens is 319 g/mol. The number of halogens is 2. The van der Waals surface area contributed by atoms with Gasteiger partial charge < -0.3 is 9.88 Å². The molecule has 110 valence electrons. The molecule has 1 amide bonds. The number of aryl methyl sites for hydroxylation is 1. The van der Waals surface area contributed by atoms with E-state index in [2.05, 4.69) is 10.3 Å². The van der Waals surface area contributed by atoms with Gasteiger partial charge in [0, 0.05) is 31.1 Å². The van der Waals surface area contributed by atoms with Gasteiger partial charge in [0.15, 0.2) is 0 Å². The van der Waals surface area contributed by atoms with E-state index in [1.807, 2.05) is 0 Å². The molecule has 1 heterocycles. The number of benzene rings is 1. The Morgan fingerprint density at radius 2 is 2.19 bits per heavy atom. The first-order chi connectivity index (χ1) is 9.90. The Kier molecular flexibility index (Phi) is 4.44. The van der Waals surface area contributed by atoms with E-state index in [9.17, 15) is 14.9 Å². The average molecular weight is 329 g/mol. The smallest absolute Gasteiger partial charge is 0.290 e. The summed E-state index contributed by atoms with van der Waals surface area (Å²) >= 11 is 11.5. The molecule has 9 heteroatoms. The highest BCUT2D eigenvalue weighted by Crippen LogP contribution is 2.33. The lowest BCUT2D eigenvalue weighted by molar-refractivity contribution is -0.384. The van der Waals surface area contributed by atoms with Crippen LogP contribution in [0, 0.1) is 10.1 Å². The van der Waals surface area contributed by atoms with E-state index in [1.165, 1.54) is 6.07 Å². The lowest BCUT2D eigenvalue weighted by atomic mass is 10.2. The predicted octanol–water partition coefficient (Wildman–Crippen LogP) is 2.57. The SMILES string of the molecule is Cn1ccnc1CNC(=O)c1cc(Cl)c(Cl)c([N+](=O)[O-])c1. The number of aromatic nitrogens is 2. The number of amides is 1. The molecule has 0 saturated carbocycles. The second-order valence-electron chi connectivity index (χ2n) is 4.19. The van der Waals surface area contributed by atoms with Crippen LogP contribution in [0.3, 0.4) is 0 Å². The Hall–Kier alpha value is -2.12. The molecule has 2 aromatic rings. The molecule has 1 aromatic heterocycles. The average Bonchev–Trinajstić information content (AvgIpc) is 2.84. The number of hydrogen-bond acceptors (Lipinski definition) is 4. The van der Waals surface area contributed by atoms with Gasteiger partial charge in [-0.15, -0.1) is 0 Å². The zero-order valence-corrected chi connectivity index (χ0v) is 12.4. The van der Waals surface area contributed by atoms with Crippen molar-refractivity contribution in [3.05, 3.63) is 56.1 Å². The normalized spacial score (nSPS) is 10.4. The summed E-state index contributed by atoms with van der Waals surface area (Å²) < 4.78 is 1.75. The Morgan fingerprint density at radius 1 is 1.48 bits per heavy atom. The van der Waals surface area contributed by atoms with Gasteiger partial charge in [0.25, 0.3) is 11.6 Å². The van der Waals surface area contributed by atoms with Crippen molar-refractivity contribution < 1.29 is 9.72 Å². The van der Waals surface area contributed by atoms with Gasteiger partial charge in [0.1, 0.15) is 10.8 Å². The van der Waals surface area contributed by atoms with Gasteiger partial charge in [0.2, 0.25) is 0 Å². The summed E-state index contributed by atoms with van der Waals surface area (Å²) in [5, 5.41) is 13.2. The fraction of sp³-hybridized carbons (Fsp3) is 0.167. The fourth-order valence-corrected chi connectivity index (χ4v) is 2.06. The zero-order valence-electron chi connectivity index (χ0n) is 10.8. The minimum absolute atomic E-state index is 0.0481. The lowest BCUT2D eigenvalue weighted by Crippen LogP contribution is -2.24. The molecule has 0 aliphatic carbocycles. The van der Waals surface area contributed by atoms with Gasteiger partial charge in [-0.2, -0.15) is 0 Å². The van der Waals surface area contributed by atoms with E-state index >= 15 is 0 Å². The molecule has 0 aliphatic heterocycles. The number of hydrogen-bond donors (Lipinski definition) is 1. The largest absolute Gasteiger partial charge is 0.345 e. The van der Waals surface area contributed by atoms with Crippen LogP contribution in [0.2, 0.25) is 10.0 Å². The standard InChI is InChI=1S/C12H10Cl2N4O3/c1-17-3-2-15-10(17)6-16-12(19)7-4-8(13)11(14)9(5-7)18(20)21/h2-5H,6H2,1H3,(H,16,19). The van der Waals surface area contributed by atoms with E-state index in [1.54, 1.807) is 24.0 Å². The van der Waals surface area contributed by atoms with Crippen LogP contribution in [0.1, 0.15) is 16.2 Å². The quantitative estimate of drug-likeness (QED) is 0.689. The first-order valence-corrected chi connectivity index (χ1v) is 6.53. The van der Waals surface area contributed by atoms with Gasteiger partial charge in [0.05, 0.1) is 16.5 Å². The van der Waals surface area contributed by atoms with Crippen molar-refractivity contribution in [2.75, 3.05) is 0 Å². The summed E-state index contributed by atoms with van der Waals surface area (Å²) in [7, 11) is 1.79. The summed E-state index contributed by atoms with van der Waals surface area (Å²) in [6.07, 6.45) is 3.34. The van der Waals surface area contributed by atoms with Gasteiger partial charge in [-0.3, -0.25) is 14.9 Å². The van der Waals surface area contributed by atoms with E-state index in [0.717, 1.165) is 6.07 Å². The number of nitro groups is 1. The van der Waals surface area contributed by atoms with Crippen LogP contribution in [-0.4, -0.2) is 20.4 Å². The number of nitrogens with zero attached hydrogens (tertiary/aromatic N) is 3. The number of nitrogens with one attached hydrogen (secondary N) is 1. The number of nitro benzene ring substituents is 1. The molecule has 0 fully saturated rings. The number of rotatable bonds is 4. The molecule has 0 atom stereocenters. The maximum atomic E-state index is 12.0. The summed E-state index contributed by atoms with van der Waals surface area (Å²) in [5.74, 6) is 0.151. The Morgan fingerprint density at radius 3 is 2.76 bits per heavy atom. The zero-order chi connectivity index (χ0) is 15.6. The molecule has 1 N–H and O–H groups in total. The van der Waals surface area contributed by atoms with Crippen LogP contribution >= 0.6 is 23.2 Å². The van der Waals surface area contributed by atoms with Crippen molar-refractivity contribution >= 4 is 34.8 Å². The third-order valence-corrected chi connectivity index (χ3v) is 3.59. The second kappa shape index (κ2) is 6.11. The lowest BCUT2D eigenvalue weighted by Gasteiger charge is -2.07. The molecule has 21 heavy (non-hydrogen) atoms. The Bertz CT molecular complexity index is 715. The Balaban J connectivity index is 2.20. The van der Waals surface area contributed by atoms with Gasteiger partial charge >= 0.3 is 0 Å². The van der Waals surface area contributed by atoms with Gasteiger partial charge in [-0.05, 0) is 6.07 Å². The molecule has 7 nitrogen and oxygen atoms in total. The van der Waals surface area contributed by atoms with Crippen LogP contribution in [0.4, 0.5) is 5.69 Å². The number of carbonyl (C=O) groups excluding carboxylic acids is 1. The third kappa shape index (κ3) is 3.32. The van der Waals surface area contributed by atoms with Crippen molar-refractivity contribution in [2.45, 2.75) is 6.54 Å².